The molecular formula is C22H34N2. The van der Waals surface area contributed by atoms with Crippen molar-refractivity contribution in [3.8, 4) is 12.1 Å². The average Bonchev–Trinajstić information content (AvgIpc) is 2.60. The summed E-state index contributed by atoms with van der Waals surface area (Å²) in [6, 6.07) is 4.23. The van der Waals surface area contributed by atoms with Gasteiger partial charge in [-0.05, 0) is 51.4 Å². The van der Waals surface area contributed by atoms with Gasteiger partial charge in [-0.2, -0.15) is 10.5 Å². The zero-order valence-corrected chi connectivity index (χ0v) is 15.6. The van der Waals surface area contributed by atoms with E-state index in [2.05, 4.69) is 74.6 Å². The third kappa shape index (κ3) is 28.2. The Morgan fingerprint density at radius 1 is 0.500 bits per heavy atom. The molecular weight excluding hydrogens is 292 g/mol. The maximum absolute atomic E-state index is 8.24. The number of unbranched alkanes of at least 4 members (excludes halogenated alkanes) is 4. The van der Waals surface area contributed by atoms with Crippen LogP contribution in [0.4, 0.5) is 0 Å². The van der Waals surface area contributed by atoms with E-state index in [0.29, 0.717) is 12.8 Å². The van der Waals surface area contributed by atoms with Gasteiger partial charge < -0.3 is 0 Å². The molecule has 0 unspecified atom stereocenters. The lowest BCUT2D eigenvalue weighted by Gasteiger charge is -1.86. The molecule has 24 heavy (non-hydrogen) atoms. The maximum Gasteiger partial charge on any atom is 0.0624 e. The van der Waals surface area contributed by atoms with Gasteiger partial charge in [-0.3, -0.25) is 0 Å². The molecule has 0 saturated carbocycles. The fraction of sp³-hybridized carbons (Fsp3) is 0.545. The summed E-state index contributed by atoms with van der Waals surface area (Å²) in [5.74, 6) is 0. The second-order valence-electron chi connectivity index (χ2n) is 5.25. The van der Waals surface area contributed by atoms with Crippen molar-refractivity contribution in [3.63, 3.8) is 0 Å². The fourth-order valence-electron chi connectivity index (χ4n) is 1.72. The Hall–Kier alpha value is -2.06. The van der Waals surface area contributed by atoms with Gasteiger partial charge in [0.15, 0.2) is 0 Å². The number of nitrogens with zero attached hydrogens (tertiary/aromatic N) is 2. The zero-order valence-electron chi connectivity index (χ0n) is 15.6. The molecule has 0 aliphatic carbocycles. The number of nitriles is 2. The molecule has 0 atom stereocenters. The molecule has 2 nitrogen and oxygen atoms in total. The highest BCUT2D eigenvalue weighted by atomic mass is 14.2. The monoisotopic (exact) mass is 326 g/mol. The topological polar surface area (TPSA) is 47.6 Å². The number of allylic oxidation sites excluding steroid dienone is 8. The van der Waals surface area contributed by atoms with Crippen molar-refractivity contribution in [1.82, 2.24) is 0 Å². The van der Waals surface area contributed by atoms with Gasteiger partial charge in [-0.25, -0.2) is 0 Å². The number of hydrogen-bond acceptors (Lipinski definition) is 2. The highest BCUT2D eigenvalue weighted by molar-refractivity contribution is 4.90. The lowest BCUT2D eigenvalue weighted by molar-refractivity contribution is 1.00. The molecule has 0 amide bonds. The van der Waals surface area contributed by atoms with Crippen LogP contribution >= 0.6 is 0 Å². The fourth-order valence-corrected chi connectivity index (χ4v) is 1.72. The maximum atomic E-state index is 8.24. The molecule has 0 rings (SSSR count). The quantitative estimate of drug-likeness (QED) is 0.281. The summed E-state index contributed by atoms with van der Waals surface area (Å²) in [6.07, 6.45) is 27.0. The second kappa shape index (κ2) is 25.9. The summed E-state index contributed by atoms with van der Waals surface area (Å²) >= 11 is 0. The summed E-state index contributed by atoms with van der Waals surface area (Å²) in [6.45, 7) is 4.28. The first-order chi connectivity index (χ1) is 11.8. The van der Waals surface area contributed by atoms with E-state index in [-0.39, 0.29) is 0 Å². The van der Waals surface area contributed by atoms with Crippen molar-refractivity contribution < 1.29 is 0 Å². The summed E-state index contributed by atoms with van der Waals surface area (Å²) < 4.78 is 0. The average molecular weight is 327 g/mol. The van der Waals surface area contributed by atoms with E-state index in [1.165, 1.54) is 0 Å². The van der Waals surface area contributed by atoms with Crippen LogP contribution in [0.25, 0.3) is 0 Å². The third-order valence-electron chi connectivity index (χ3n) is 2.98. The molecule has 0 spiro atoms. The molecule has 0 radical (unpaired) electrons. The Bertz CT molecular complexity index is 386. The molecule has 0 N–H and O–H groups in total. The Labute approximate surface area is 149 Å². The minimum atomic E-state index is 0.640. The molecule has 0 heterocycles. The van der Waals surface area contributed by atoms with E-state index in [0.717, 1.165) is 51.4 Å². The minimum absolute atomic E-state index is 0.640. The molecule has 0 saturated heterocycles. The van der Waals surface area contributed by atoms with Crippen LogP contribution in [0.3, 0.4) is 0 Å². The lowest BCUT2D eigenvalue weighted by atomic mass is 10.2. The summed E-state index contributed by atoms with van der Waals surface area (Å²) in [5, 5.41) is 16.5. The Balaban J connectivity index is 0. The van der Waals surface area contributed by atoms with Crippen LogP contribution in [0.2, 0.25) is 0 Å². The SMILES string of the molecule is CC/C=C\CC/C=C\CCC#N.CCC=CCCC=CCCC#N. The molecule has 0 aromatic rings. The van der Waals surface area contributed by atoms with Gasteiger partial charge >= 0.3 is 0 Å². The molecule has 0 aliphatic heterocycles. The first kappa shape index (κ1) is 24.2. The standard InChI is InChI=1S/2C11H17N/c2*1-2-3-4-5-6-7-8-9-10-11-12/h2*3-4,7-8H,2,5-6,9-10H2,1H3/b4-3-,8-7-;. The third-order valence-corrected chi connectivity index (χ3v) is 2.98. The van der Waals surface area contributed by atoms with E-state index in [1.54, 1.807) is 0 Å². The summed E-state index contributed by atoms with van der Waals surface area (Å²) in [7, 11) is 0. The van der Waals surface area contributed by atoms with Crippen molar-refractivity contribution in [3.05, 3.63) is 48.6 Å². The van der Waals surface area contributed by atoms with Crippen LogP contribution in [0, 0.1) is 22.7 Å². The Kier molecular flexibility index (Phi) is 26.1. The van der Waals surface area contributed by atoms with Gasteiger partial charge in [0.05, 0.1) is 12.1 Å². The van der Waals surface area contributed by atoms with Crippen LogP contribution in [0.5, 0.6) is 0 Å². The smallest absolute Gasteiger partial charge is 0.0624 e. The van der Waals surface area contributed by atoms with E-state index in [4.69, 9.17) is 10.5 Å². The van der Waals surface area contributed by atoms with E-state index < -0.39 is 0 Å². The van der Waals surface area contributed by atoms with E-state index in [9.17, 15) is 0 Å². The van der Waals surface area contributed by atoms with Crippen molar-refractivity contribution in [2.75, 3.05) is 0 Å². The normalized spacial score (nSPS) is 11.0. The van der Waals surface area contributed by atoms with Crippen LogP contribution in [0.1, 0.15) is 78.1 Å². The molecule has 0 fully saturated rings. The van der Waals surface area contributed by atoms with Crippen molar-refractivity contribution in [2.24, 2.45) is 0 Å². The molecule has 0 aromatic carbocycles. The highest BCUT2D eigenvalue weighted by Gasteiger charge is 1.79. The highest BCUT2D eigenvalue weighted by Crippen LogP contribution is 1.97. The molecule has 132 valence electrons. The van der Waals surface area contributed by atoms with Crippen LogP contribution < -0.4 is 0 Å². The molecule has 2 heteroatoms. The first-order valence-corrected chi connectivity index (χ1v) is 9.17. The van der Waals surface area contributed by atoms with Crippen molar-refractivity contribution >= 4 is 0 Å². The number of hydrogen-bond donors (Lipinski definition) is 0. The van der Waals surface area contributed by atoms with Crippen LogP contribution in [-0.2, 0) is 0 Å². The second-order valence-corrected chi connectivity index (χ2v) is 5.25. The first-order valence-electron chi connectivity index (χ1n) is 9.17. The van der Waals surface area contributed by atoms with Crippen molar-refractivity contribution in [1.29, 1.82) is 10.5 Å². The molecule has 0 aliphatic rings. The minimum Gasteiger partial charge on any atom is -0.198 e. The lowest BCUT2D eigenvalue weighted by Crippen LogP contribution is -1.67. The van der Waals surface area contributed by atoms with Gasteiger partial charge in [0, 0.05) is 12.8 Å². The summed E-state index contributed by atoms with van der Waals surface area (Å²) in [4.78, 5) is 0. The van der Waals surface area contributed by atoms with Gasteiger partial charge in [-0.15, -0.1) is 0 Å². The zero-order chi connectivity index (χ0) is 18.1. The van der Waals surface area contributed by atoms with Gasteiger partial charge in [0.25, 0.3) is 0 Å². The van der Waals surface area contributed by atoms with Crippen LogP contribution in [0.15, 0.2) is 48.6 Å². The Morgan fingerprint density at radius 2 is 0.792 bits per heavy atom. The predicted octanol–water partition coefficient (Wildman–Crippen LogP) is 7.19. The van der Waals surface area contributed by atoms with Gasteiger partial charge in [0.1, 0.15) is 0 Å². The largest absolute Gasteiger partial charge is 0.198 e. The molecule has 0 aromatic heterocycles. The van der Waals surface area contributed by atoms with Gasteiger partial charge in [0.2, 0.25) is 0 Å². The van der Waals surface area contributed by atoms with E-state index in [1.807, 2.05) is 0 Å². The Morgan fingerprint density at radius 3 is 1.08 bits per heavy atom. The molecule has 0 bridgehead atoms. The van der Waals surface area contributed by atoms with E-state index >= 15 is 0 Å². The number of rotatable bonds is 12. The van der Waals surface area contributed by atoms with Crippen LogP contribution in [-0.4, -0.2) is 0 Å². The summed E-state index contributed by atoms with van der Waals surface area (Å²) in [5.41, 5.74) is 0. The predicted molar refractivity (Wildman–Crippen MR) is 105 cm³/mol. The van der Waals surface area contributed by atoms with Crippen molar-refractivity contribution in [2.45, 2.75) is 78.1 Å². The van der Waals surface area contributed by atoms with Gasteiger partial charge in [-0.1, -0.05) is 62.5 Å².